The van der Waals surface area contributed by atoms with Crippen LogP contribution in [0.2, 0.25) is 0 Å². The van der Waals surface area contributed by atoms with E-state index in [-0.39, 0.29) is 6.04 Å². The molecule has 104 valence electrons. The lowest BCUT2D eigenvalue weighted by Gasteiger charge is -2.20. The first-order valence-electron chi connectivity index (χ1n) is 6.38. The van der Waals surface area contributed by atoms with E-state index in [1.807, 2.05) is 13.0 Å². The van der Waals surface area contributed by atoms with Gasteiger partial charge in [-0.2, -0.15) is 0 Å². The van der Waals surface area contributed by atoms with Crippen LogP contribution in [0.5, 0.6) is 0 Å². The largest absolute Gasteiger partial charge is 0.496 e. The highest BCUT2D eigenvalue weighted by Crippen LogP contribution is 2.27. The number of benzene rings is 1. The topological polar surface area (TPSA) is 55.4 Å². The van der Waals surface area contributed by atoms with Gasteiger partial charge in [0.1, 0.15) is 5.76 Å². The minimum Gasteiger partial charge on any atom is -0.496 e. The second-order valence-electron chi connectivity index (χ2n) is 4.58. The van der Waals surface area contributed by atoms with Crippen LogP contribution in [0.1, 0.15) is 24.9 Å². The first kappa shape index (κ1) is 14.1. The SMILES string of the molecule is CCNC(C1=CCCO1)c1cccc(S(C)(=O)=O)c1. The van der Waals surface area contributed by atoms with E-state index in [0.717, 1.165) is 24.3 Å². The van der Waals surface area contributed by atoms with Crippen LogP contribution in [0, 0.1) is 0 Å². The highest BCUT2D eigenvalue weighted by molar-refractivity contribution is 7.90. The van der Waals surface area contributed by atoms with Crippen LogP contribution < -0.4 is 5.32 Å². The molecule has 0 bridgehead atoms. The zero-order chi connectivity index (χ0) is 13.9. The van der Waals surface area contributed by atoms with Crippen LogP contribution in [0.3, 0.4) is 0 Å². The molecule has 0 saturated carbocycles. The number of nitrogens with one attached hydrogen (secondary N) is 1. The third kappa shape index (κ3) is 3.36. The Kier molecular flexibility index (Phi) is 4.27. The lowest BCUT2D eigenvalue weighted by molar-refractivity contribution is 0.216. The quantitative estimate of drug-likeness (QED) is 0.897. The summed E-state index contributed by atoms with van der Waals surface area (Å²) in [5.41, 5.74) is 0.915. The Labute approximate surface area is 114 Å². The molecule has 1 heterocycles. The third-order valence-corrected chi connectivity index (χ3v) is 4.15. The van der Waals surface area contributed by atoms with Crippen molar-refractivity contribution in [3.05, 3.63) is 41.7 Å². The predicted octanol–water partition coefficient (Wildman–Crippen LogP) is 2.04. The summed E-state index contributed by atoms with van der Waals surface area (Å²) < 4.78 is 28.8. The fourth-order valence-electron chi connectivity index (χ4n) is 2.15. The van der Waals surface area contributed by atoms with Gasteiger partial charge in [0.15, 0.2) is 9.84 Å². The molecule has 1 atom stereocenters. The second-order valence-corrected chi connectivity index (χ2v) is 6.59. The smallest absolute Gasteiger partial charge is 0.175 e. The van der Waals surface area contributed by atoms with E-state index in [9.17, 15) is 8.42 Å². The summed E-state index contributed by atoms with van der Waals surface area (Å²) in [6, 6.07) is 6.95. The molecule has 0 aliphatic carbocycles. The van der Waals surface area contributed by atoms with E-state index in [4.69, 9.17) is 4.74 Å². The minimum absolute atomic E-state index is 0.0748. The fourth-order valence-corrected chi connectivity index (χ4v) is 2.83. The van der Waals surface area contributed by atoms with Crippen molar-refractivity contribution in [2.45, 2.75) is 24.3 Å². The van der Waals surface area contributed by atoms with Gasteiger partial charge < -0.3 is 10.1 Å². The van der Waals surface area contributed by atoms with Gasteiger partial charge >= 0.3 is 0 Å². The molecule has 1 aromatic carbocycles. The van der Waals surface area contributed by atoms with Crippen molar-refractivity contribution in [1.29, 1.82) is 0 Å². The minimum atomic E-state index is -3.19. The Balaban J connectivity index is 2.37. The highest BCUT2D eigenvalue weighted by atomic mass is 32.2. The van der Waals surface area contributed by atoms with E-state index in [2.05, 4.69) is 11.4 Å². The molecule has 1 aromatic rings. The molecule has 0 radical (unpaired) electrons. The Bertz CT molecular complexity index is 578. The first-order valence-corrected chi connectivity index (χ1v) is 8.27. The number of hydrogen-bond acceptors (Lipinski definition) is 4. The van der Waals surface area contributed by atoms with Gasteiger partial charge in [0.25, 0.3) is 0 Å². The Morgan fingerprint density at radius 1 is 1.42 bits per heavy atom. The van der Waals surface area contributed by atoms with Crippen molar-refractivity contribution in [3.8, 4) is 0 Å². The molecule has 1 aliphatic heterocycles. The van der Waals surface area contributed by atoms with Crippen LogP contribution in [0.25, 0.3) is 0 Å². The molecule has 1 aliphatic rings. The molecule has 0 spiro atoms. The van der Waals surface area contributed by atoms with Gasteiger partial charge in [0.05, 0.1) is 17.5 Å². The zero-order valence-corrected chi connectivity index (χ0v) is 12.0. The maximum Gasteiger partial charge on any atom is 0.175 e. The van der Waals surface area contributed by atoms with E-state index < -0.39 is 9.84 Å². The summed E-state index contributed by atoms with van der Waals surface area (Å²) in [5.74, 6) is 0.882. The van der Waals surface area contributed by atoms with Gasteiger partial charge in [0, 0.05) is 12.7 Å². The number of likely N-dealkylation sites (N-methyl/N-ethyl adjacent to an activating group) is 1. The standard InChI is InChI=1S/C14H19NO3S/c1-3-15-14(13-8-5-9-18-13)11-6-4-7-12(10-11)19(2,16)17/h4,6-8,10,14-15H,3,5,9H2,1-2H3. The number of rotatable bonds is 5. The molecule has 0 amide bonds. The normalized spacial score (nSPS) is 16.8. The lowest BCUT2D eigenvalue weighted by Crippen LogP contribution is -2.23. The van der Waals surface area contributed by atoms with E-state index in [0.29, 0.717) is 11.5 Å². The summed E-state index contributed by atoms with van der Waals surface area (Å²) in [7, 11) is -3.19. The van der Waals surface area contributed by atoms with Gasteiger partial charge in [-0.1, -0.05) is 19.1 Å². The van der Waals surface area contributed by atoms with Crippen LogP contribution in [-0.2, 0) is 14.6 Å². The average Bonchev–Trinajstić information content (AvgIpc) is 2.88. The number of hydrogen-bond donors (Lipinski definition) is 1. The molecule has 4 nitrogen and oxygen atoms in total. The molecule has 0 fully saturated rings. The molecule has 1 unspecified atom stereocenters. The van der Waals surface area contributed by atoms with Crippen molar-refractivity contribution < 1.29 is 13.2 Å². The van der Waals surface area contributed by atoms with Gasteiger partial charge in [-0.15, -0.1) is 0 Å². The molecule has 0 saturated heterocycles. The molecular weight excluding hydrogens is 262 g/mol. The number of ether oxygens (including phenoxy) is 1. The highest BCUT2D eigenvalue weighted by Gasteiger charge is 2.21. The molecule has 2 rings (SSSR count). The monoisotopic (exact) mass is 281 g/mol. The molecule has 19 heavy (non-hydrogen) atoms. The van der Waals surface area contributed by atoms with Crippen molar-refractivity contribution >= 4 is 9.84 Å². The van der Waals surface area contributed by atoms with Gasteiger partial charge in [-0.3, -0.25) is 0 Å². The van der Waals surface area contributed by atoms with Crippen LogP contribution >= 0.6 is 0 Å². The van der Waals surface area contributed by atoms with Crippen molar-refractivity contribution in [2.24, 2.45) is 0 Å². The van der Waals surface area contributed by atoms with Gasteiger partial charge in [-0.05, 0) is 30.3 Å². The molecule has 0 aromatic heterocycles. The Morgan fingerprint density at radius 2 is 2.21 bits per heavy atom. The Morgan fingerprint density at radius 3 is 2.79 bits per heavy atom. The zero-order valence-electron chi connectivity index (χ0n) is 11.2. The second kappa shape index (κ2) is 5.75. The van der Waals surface area contributed by atoms with E-state index in [1.165, 1.54) is 6.26 Å². The number of sulfone groups is 1. The van der Waals surface area contributed by atoms with Gasteiger partial charge in [-0.25, -0.2) is 8.42 Å². The lowest BCUT2D eigenvalue weighted by atomic mass is 10.0. The van der Waals surface area contributed by atoms with Crippen LogP contribution in [0.15, 0.2) is 41.0 Å². The molecule has 1 N–H and O–H groups in total. The van der Waals surface area contributed by atoms with Crippen molar-refractivity contribution in [1.82, 2.24) is 5.32 Å². The predicted molar refractivity (Wildman–Crippen MR) is 74.6 cm³/mol. The van der Waals surface area contributed by atoms with Crippen molar-refractivity contribution in [3.63, 3.8) is 0 Å². The fraction of sp³-hybridized carbons (Fsp3) is 0.429. The third-order valence-electron chi connectivity index (χ3n) is 3.04. The summed E-state index contributed by atoms with van der Waals surface area (Å²) in [6.07, 6.45) is 4.18. The van der Waals surface area contributed by atoms with Gasteiger partial charge in [0.2, 0.25) is 0 Å². The van der Waals surface area contributed by atoms with E-state index >= 15 is 0 Å². The summed E-state index contributed by atoms with van der Waals surface area (Å²) in [4.78, 5) is 0.339. The summed E-state index contributed by atoms with van der Waals surface area (Å²) in [6.45, 7) is 3.50. The maximum absolute atomic E-state index is 11.6. The maximum atomic E-state index is 11.6. The van der Waals surface area contributed by atoms with E-state index in [1.54, 1.807) is 18.2 Å². The Hall–Kier alpha value is -1.33. The van der Waals surface area contributed by atoms with Crippen LogP contribution in [-0.4, -0.2) is 27.8 Å². The summed E-state index contributed by atoms with van der Waals surface area (Å²) in [5, 5.41) is 3.33. The van der Waals surface area contributed by atoms with Crippen LogP contribution in [0.4, 0.5) is 0 Å². The molecule has 5 heteroatoms. The molecular formula is C14H19NO3S. The van der Waals surface area contributed by atoms with Crippen molar-refractivity contribution in [2.75, 3.05) is 19.4 Å². The average molecular weight is 281 g/mol. The first-order chi connectivity index (χ1) is 9.02. The summed E-state index contributed by atoms with van der Waals surface area (Å²) >= 11 is 0.